The molecule has 1 fully saturated rings. The molecule has 92 valence electrons. The Morgan fingerprint density at radius 3 is 2.38 bits per heavy atom. The zero-order valence-corrected chi connectivity index (χ0v) is 9.78. The summed E-state index contributed by atoms with van der Waals surface area (Å²) in [5.41, 5.74) is -0.782. The summed E-state index contributed by atoms with van der Waals surface area (Å²) < 4.78 is 4.89. The Morgan fingerprint density at radius 1 is 1.38 bits per heavy atom. The molecule has 0 aromatic carbocycles. The molecular weight excluding hydrogens is 210 g/mol. The maximum atomic E-state index is 11.2. The van der Waals surface area contributed by atoms with E-state index in [1.54, 1.807) is 13.8 Å². The molecule has 5 nitrogen and oxygen atoms in total. The van der Waals surface area contributed by atoms with Gasteiger partial charge in [-0.05, 0) is 26.7 Å². The van der Waals surface area contributed by atoms with Gasteiger partial charge in [-0.15, -0.1) is 0 Å². The van der Waals surface area contributed by atoms with Gasteiger partial charge in [0, 0.05) is 6.54 Å². The second-order valence-electron chi connectivity index (χ2n) is 4.60. The first-order chi connectivity index (χ1) is 7.46. The van der Waals surface area contributed by atoms with Crippen molar-refractivity contribution in [3.8, 4) is 0 Å². The fourth-order valence-electron chi connectivity index (χ4n) is 2.02. The van der Waals surface area contributed by atoms with Gasteiger partial charge in [0.15, 0.2) is 0 Å². The second-order valence-corrected chi connectivity index (χ2v) is 4.60. The van der Waals surface area contributed by atoms with E-state index in [9.17, 15) is 9.59 Å². The van der Waals surface area contributed by atoms with Crippen LogP contribution in [0.4, 0.5) is 4.79 Å². The van der Waals surface area contributed by atoms with Crippen LogP contribution in [0, 0.1) is 5.41 Å². The second kappa shape index (κ2) is 5.18. The Kier molecular flexibility index (Phi) is 4.15. The van der Waals surface area contributed by atoms with Gasteiger partial charge in [0.25, 0.3) is 0 Å². The monoisotopic (exact) mass is 229 g/mol. The van der Waals surface area contributed by atoms with Crippen LogP contribution < -0.4 is 5.32 Å². The number of carboxylic acids is 1. The lowest BCUT2D eigenvalue weighted by atomic mass is 9.86. The molecule has 1 aliphatic carbocycles. The average molecular weight is 229 g/mol. The van der Waals surface area contributed by atoms with Crippen LogP contribution in [0.5, 0.6) is 0 Å². The molecule has 0 atom stereocenters. The highest BCUT2D eigenvalue weighted by atomic mass is 16.6. The molecule has 0 aromatic rings. The van der Waals surface area contributed by atoms with Gasteiger partial charge in [-0.1, -0.05) is 12.8 Å². The van der Waals surface area contributed by atoms with Gasteiger partial charge in [0.05, 0.1) is 11.5 Å². The predicted molar refractivity (Wildman–Crippen MR) is 58.2 cm³/mol. The Labute approximate surface area is 95.2 Å². The van der Waals surface area contributed by atoms with Crippen molar-refractivity contribution in [1.29, 1.82) is 0 Å². The number of carbonyl (C=O) groups is 2. The summed E-state index contributed by atoms with van der Waals surface area (Å²) in [6.07, 6.45) is 2.35. The maximum Gasteiger partial charge on any atom is 0.407 e. The summed E-state index contributed by atoms with van der Waals surface area (Å²) in [6, 6.07) is 0. The molecule has 0 bridgehead atoms. The molecule has 1 rings (SSSR count). The number of carboxylic acid groups (broad SMARTS) is 1. The molecule has 0 saturated heterocycles. The lowest BCUT2D eigenvalue weighted by molar-refractivity contribution is -0.148. The average Bonchev–Trinajstić information content (AvgIpc) is 2.63. The summed E-state index contributed by atoms with van der Waals surface area (Å²) in [5.74, 6) is -0.824. The number of alkyl carbamates (subject to hydrolysis) is 1. The van der Waals surface area contributed by atoms with Gasteiger partial charge in [-0.2, -0.15) is 0 Å². The summed E-state index contributed by atoms with van der Waals surface area (Å²) in [6.45, 7) is 3.66. The Morgan fingerprint density at radius 2 is 1.94 bits per heavy atom. The Bertz CT molecular complexity index is 269. The van der Waals surface area contributed by atoms with E-state index in [-0.39, 0.29) is 12.6 Å². The standard InChI is InChI=1S/C11H19NO4/c1-8(2)16-10(15)12-7-11(9(13)14)5-3-4-6-11/h8H,3-7H2,1-2H3,(H,12,15)(H,13,14). The first-order valence-electron chi connectivity index (χ1n) is 5.64. The van der Waals surface area contributed by atoms with E-state index >= 15 is 0 Å². The Balaban J connectivity index is 2.45. The molecule has 0 spiro atoms. The number of carbonyl (C=O) groups excluding carboxylic acids is 1. The molecule has 1 saturated carbocycles. The number of hydrogen-bond donors (Lipinski definition) is 2. The molecular formula is C11H19NO4. The van der Waals surface area contributed by atoms with E-state index in [0.29, 0.717) is 12.8 Å². The van der Waals surface area contributed by atoms with Crippen molar-refractivity contribution in [2.24, 2.45) is 5.41 Å². The third kappa shape index (κ3) is 3.12. The zero-order chi connectivity index (χ0) is 12.2. The normalized spacial score (nSPS) is 18.4. The molecule has 0 aromatic heterocycles. The fourth-order valence-corrected chi connectivity index (χ4v) is 2.02. The smallest absolute Gasteiger partial charge is 0.407 e. The van der Waals surface area contributed by atoms with Crippen LogP contribution in [0.15, 0.2) is 0 Å². The fraction of sp³-hybridized carbons (Fsp3) is 0.818. The van der Waals surface area contributed by atoms with Crippen molar-refractivity contribution in [3.63, 3.8) is 0 Å². The van der Waals surface area contributed by atoms with E-state index in [0.717, 1.165) is 12.8 Å². The molecule has 1 aliphatic rings. The minimum atomic E-state index is -0.824. The van der Waals surface area contributed by atoms with Crippen LogP contribution in [-0.2, 0) is 9.53 Å². The van der Waals surface area contributed by atoms with Gasteiger partial charge in [0.2, 0.25) is 0 Å². The maximum absolute atomic E-state index is 11.2. The predicted octanol–water partition coefficient (Wildman–Crippen LogP) is 1.77. The van der Waals surface area contributed by atoms with Crippen molar-refractivity contribution in [3.05, 3.63) is 0 Å². The summed E-state index contributed by atoms with van der Waals surface area (Å²) in [5, 5.41) is 11.7. The highest BCUT2D eigenvalue weighted by Crippen LogP contribution is 2.37. The lowest BCUT2D eigenvalue weighted by Gasteiger charge is -2.24. The van der Waals surface area contributed by atoms with Gasteiger partial charge < -0.3 is 15.2 Å². The van der Waals surface area contributed by atoms with E-state index < -0.39 is 17.5 Å². The number of amides is 1. The first kappa shape index (κ1) is 12.8. The van der Waals surface area contributed by atoms with Gasteiger partial charge in [0.1, 0.15) is 0 Å². The molecule has 0 heterocycles. The van der Waals surface area contributed by atoms with Crippen molar-refractivity contribution < 1.29 is 19.4 Å². The van der Waals surface area contributed by atoms with Crippen LogP contribution in [0.3, 0.4) is 0 Å². The van der Waals surface area contributed by atoms with Crippen LogP contribution in [0.25, 0.3) is 0 Å². The first-order valence-corrected chi connectivity index (χ1v) is 5.64. The molecule has 2 N–H and O–H groups in total. The number of ether oxygens (including phenoxy) is 1. The third-order valence-corrected chi connectivity index (χ3v) is 2.93. The molecule has 5 heteroatoms. The van der Waals surface area contributed by atoms with Gasteiger partial charge in [-0.3, -0.25) is 4.79 Å². The SMILES string of the molecule is CC(C)OC(=O)NCC1(C(=O)O)CCCC1. The summed E-state index contributed by atoms with van der Waals surface area (Å²) >= 11 is 0. The van der Waals surface area contributed by atoms with E-state index in [4.69, 9.17) is 9.84 Å². The van der Waals surface area contributed by atoms with E-state index in [1.807, 2.05) is 0 Å². The lowest BCUT2D eigenvalue weighted by Crippen LogP contribution is -2.41. The number of nitrogens with one attached hydrogen (secondary N) is 1. The zero-order valence-electron chi connectivity index (χ0n) is 9.78. The van der Waals surface area contributed by atoms with E-state index in [1.165, 1.54) is 0 Å². The van der Waals surface area contributed by atoms with Crippen molar-refractivity contribution in [2.75, 3.05) is 6.54 Å². The summed E-state index contributed by atoms with van der Waals surface area (Å²) in [4.78, 5) is 22.4. The van der Waals surface area contributed by atoms with Crippen LogP contribution >= 0.6 is 0 Å². The number of rotatable bonds is 4. The van der Waals surface area contributed by atoms with Crippen LogP contribution in [0.1, 0.15) is 39.5 Å². The molecule has 0 radical (unpaired) electrons. The highest BCUT2D eigenvalue weighted by molar-refractivity contribution is 5.76. The minimum Gasteiger partial charge on any atom is -0.481 e. The molecule has 0 unspecified atom stereocenters. The number of aliphatic carboxylic acids is 1. The van der Waals surface area contributed by atoms with Crippen molar-refractivity contribution in [1.82, 2.24) is 5.32 Å². The van der Waals surface area contributed by atoms with E-state index in [2.05, 4.69) is 5.32 Å². The molecule has 1 amide bonds. The number of hydrogen-bond acceptors (Lipinski definition) is 3. The van der Waals surface area contributed by atoms with Gasteiger partial charge in [-0.25, -0.2) is 4.79 Å². The van der Waals surface area contributed by atoms with Gasteiger partial charge >= 0.3 is 12.1 Å². The van der Waals surface area contributed by atoms with Crippen LogP contribution in [0.2, 0.25) is 0 Å². The quantitative estimate of drug-likeness (QED) is 0.770. The molecule has 0 aliphatic heterocycles. The van der Waals surface area contributed by atoms with Crippen LogP contribution in [-0.4, -0.2) is 29.8 Å². The van der Waals surface area contributed by atoms with Crippen molar-refractivity contribution in [2.45, 2.75) is 45.6 Å². The highest BCUT2D eigenvalue weighted by Gasteiger charge is 2.41. The topological polar surface area (TPSA) is 75.6 Å². The minimum absolute atomic E-state index is 0.161. The summed E-state index contributed by atoms with van der Waals surface area (Å²) in [7, 11) is 0. The molecule has 16 heavy (non-hydrogen) atoms. The third-order valence-electron chi connectivity index (χ3n) is 2.93. The van der Waals surface area contributed by atoms with Crippen molar-refractivity contribution >= 4 is 12.1 Å². The Hall–Kier alpha value is -1.26. The largest absolute Gasteiger partial charge is 0.481 e.